The lowest BCUT2D eigenvalue weighted by Gasteiger charge is -2.41. The molecule has 2 unspecified atom stereocenters. The lowest BCUT2D eigenvalue weighted by atomic mass is 10.1. The molecule has 126 valence electrons. The van der Waals surface area contributed by atoms with Gasteiger partial charge in [-0.2, -0.15) is 4.89 Å². The molecule has 6 nitrogen and oxygen atoms in total. The highest BCUT2D eigenvalue weighted by atomic mass is 17.3. The van der Waals surface area contributed by atoms with E-state index in [4.69, 9.17) is 19.3 Å². The summed E-state index contributed by atoms with van der Waals surface area (Å²) in [6, 6.07) is 19.3. The van der Waals surface area contributed by atoms with Gasteiger partial charge in [0.05, 0.1) is 13.7 Å². The van der Waals surface area contributed by atoms with Crippen LogP contribution >= 0.6 is 0 Å². The fraction of sp³-hybridized carbons (Fsp3) is 0.278. The Morgan fingerprint density at radius 3 is 2.38 bits per heavy atom. The van der Waals surface area contributed by atoms with Crippen molar-refractivity contribution in [1.29, 1.82) is 0 Å². The summed E-state index contributed by atoms with van der Waals surface area (Å²) in [7, 11) is 1.27. The summed E-state index contributed by atoms with van der Waals surface area (Å²) in [5.41, 5.74) is 1.86. The number of hydrogen-bond acceptors (Lipinski definition) is 6. The van der Waals surface area contributed by atoms with Gasteiger partial charge in [-0.3, -0.25) is 0 Å². The molecule has 0 amide bonds. The van der Waals surface area contributed by atoms with E-state index < -0.39 is 18.0 Å². The Kier molecular flexibility index (Phi) is 4.92. The smallest absolute Gasteiger partial charge is 0.370 e. The third-order valence-electron chi connectivity index (χ3n) is 3.67. The largest absolute Gasteiger partial charge is 0.465 e. The molecule has 3 rings (SSSR count). The average molecular weight is 329 g/mol. The summed E-state index contributed by atoms with van der Waals surface area (Å²) in [5.74, 6) is -2.33. The van der Waals surface area contributed by atoms with E-state index in [2.05, 4.69) is 0 Å². The van der Waals surface area contributed by atoms with E-state index in [0.29, 0.717) is 6.54 Å². The van der Waals surface area contributed by atoms with Gasteiger partial charge in [0.2, 0.25) is 0 Å². The first-order valence-corrected chi connectivity index (χ1v) is 7.60. The number of hydrogen-bond donors (Lipinski definition) is 0. The monoisotopic (exact) mass is 329 g/mol. The molecule has 2 aromatic carbocycles. The van der Waals surface area contributed by atoms with Gasteiger partial charge >= 0.3 is 11.8 Å². The van der Waals surface area contributed by atoms with Crippen molar-refractivity contribution < 1.29 is 24.1 Å². The van der Waals surface area contributed by atoms with Crippen molar-refractivity contribution in [2.45, 2.75) is 25.5 Å². The number of ether oxygens (including phenoxy) is 1. The van der Waals surface area contributed by atoms with Crippen LogP contribution < -0.4 is 0 Å². The quantitative estimate of drug-likeness (QED) is 0.635. The second-order valence-corrected chi connectivity index (χ2v) is 5.53. The Morgan fingerprint density at radius 2 is 1.75 bits per heavy atom. The standard InChI is InChI=1S/C18H19NO5/c1-18(17(20)21-2)23-19(13-14-9-5-3-6-10-14)16(22-24-18)15-11-7-4-8-12-15/h3-12,16H,13H2,1-2H3. The summed E-state index contributed by atoms with van der Waals surface area (Å²) in [6.07, 6.45) is -0.607. The minimum atomic E-state index is -1.66. The molecule has 6 heteroatoms. The third-order valence-corrected chi connectivity index (χ3v) is 3.67. The van der Waals surface area contributed by atoms with Crippen LogP contribution in [0.3, 0.4) is 0 Å². The minimum Gasteiger partial charge on any atom is -0.465 e. The van der Waals surface area contributed by atoms with Crippen LogP contribution in [0.15, 0.2) is 60.7 Å². The zero-order valence-corrected chi connectivity index (χ0v) is 13.5. The fourth-order valence-electron chi connectivity index (χ4n) is 2.45. The van der Waals surface area contributed by atoms with Gasteiger partial charge < -0.3 is 4.74 Å². The second kappa shape index (κ2) is 7.11. The van der Waals surface area contributed by atoms with Crippen LogP contribution in [0.1, 0.15) is 24.3 Å². The first-order valence-electron chi connectivity index (χ1n) is 7.60. The lowest BCUT2D eigenvalue weighted by Crippen LogP contribution is -2.53. The van der Waals surface area contributed by atoms with E-state index in [-0.39, 0.29) is 0 Å². The highest BCUT2D eigenvalue weighted by molar-refractivity contribution is 5.77. The number of rotatable bonds is 4. The van der Waals surface area contributed by atoms with Crippen molar-refractivity contribution in [3.8, 4) is 0 Å². The number of hydroxylamine groups is 2. The molecule has 0 radical (unpaired) electrons. The van der Waals surface area contributed by atoms with E-state index >= 15 is 0 Å². The first-order chi connectivity index (χ1) is 11.6. The molecular weight excluding hydrogens is 310 g/mol. The van der Waals surface area contributed by atoms with Crippen LogP contribution in [0.2, 0.25) is 0 Å². The molecule has 1 aliphatic rings. The Bertz CT molecular complexity index is 678. The van der Waals surface area contributed by atoms with Crippen molar-refractivity contribution in [1.82, 2.24) is 5.06 Å². The van der Waals surface area contributed by atoms with E-state index in [1.165, 1.54) is 14.0 Å². The van der Waals surface area contributed by atoms with Crippen molar-refractivity contribution >= 4 is 5.97 Å². The Morgan fingerprint density at radius 1 is 1.12 bits per heavy atom. The molecule has 24 heavy (non-hydrogen) atoms. The molecule has 1 saturated heterocycles. The maximum absolute atomic E-state index is 12.0. The van der Waals surface area contributed by atoms with Crippen LogP contribution in [0, 0.1) is 0 Å². The van der Waals surface area contributed by atoms with Gasteiger partial charge in [-0.25, -0.2) is 14.5 Å². The average Bonchev–Trinajstić information content (AvgIpc) is 2.63. The number of nitrogens with zero attached hydrogens (tertiary/aromatic N) is 1. The number of esters is 1. The molecule has 0 bridgehead atoms. The topological polar surface area (TPSA) is 57.2 Å². The molecule has 0 saturated carbocycles. The summed E-state index contributed by atoms with van der Waals surface area (Å²) in [5, 5.41) is 1.57. The molecule has 0 aliphatic carbocycles. The number of benzene rings is 2. The van der Waals surface area contributed by atoms with Crippen LogP contribution in [0.25, 0.3) is 0 Å². The van der Waals surface area contributed by atoms with Gasteiger partial charge in [-0.15, -0.1) is 5.06 Å². The molecular formula is C18H19NO5. The molecule has 0 aromatic heterocycles. The predicted molar refractivity (Wildman–Crippen MR) is 84.8 cm³/mol. The van der Waals surface area contributed by atoms with Crippen LogP contribution in [-0.2, 0) is 30.7 Å². The predicted octanol–water partition coefficient (Wildman–Crippen LogP) is 2.97. The van der Waals surface area contributed by atoms with Gasteiger partial charge in [0, 0.05) is 12.5 Å². The van der Waals surface area contributed by atoms with Crippen molar-refractivity contribution in [2.24, 2.45) is 0 Å². The third kappa shape index (κ3) is 3.47. The molecule has 1 aliphatic heterocycles. The van der Waals surface area contributed by atoms with Gasteiger partial charge in [-0.05, 0) is 5.56 Å². The molecule has 1 fully saturated rings. The van der Waals surface area contributed by atoms with Crippen LogP contribution in [-0.4, -0.2) is 23.9 Å². The SMILES string of the molecule is COC(=O)C1(C)OOC(c2ccccc2)N(Cc2ccccc2)O1. The normalized spacial score (nSPS) is 24.5. The lowest BCUT2D eigenvalue weighted by molar-refractivity contribution is -0.555. The zero-order valence-electron chi connectivity index (χ0n) is 13.5. The highest BCUT2D eigenvalue weighted by Gasteiger charge is 2.48. The summed E-state index contributed by atoms with van der Waals surface area (Å²) >= 11 is 0. The summed E-state index contributed by atoms with van der Waals surface area (Å²) < 4.78 is 4.74. The zero-order chi connectivity index (χ0) is 17.0. The number of carbonyl (C=O) groups excluding carboxylic acids is 1. The summed E-state index contributed by atoms with van der Waals surface area (Å²) in [4.78, 5) is 28.5. The number of methoxy groups -OCH3 is 1. The molecule has 2 aromatic rings. The van der Waals surface area contributed by atoms with E-state index in [1.54, 1.807) is 5.06 Å². The summed E-state index contributed by atoms with van der Waals surface area (Å²) in [6.45, 7) is 1.87. The van der Waals surface area contributed by atoms with Gasteiger partial charge in [-0.1, -0.05) is 60.7 Å². The Balaban J connectivity index is 1.87. The molecule has 1 heterocycles. The van der Waals surface area contributed by atoms with Gasteiger partial charge in [0.25, 0.3) is 0 Å². The number of carbonyl (C=O) groups is 1. The van der Waals surface area contributed by atoms with Crippen molar-refractivity contribution in [2.75, 3.05) is 7.11 Å². The van der Waals surface area contributed by atoms with Crippen LogP contribution in [0.4, 0.5) is 0 Å². The Labute approximate surface area is 140 Å². The molecule has 2 atom stereocenters. The van der Waals surface area contributed by atoms with Crippen molar-refractivity contribution in [3.05, 3.63) is 71.8 Å². The van der Waals surface area contributed by atoms with Gasteiger partial charge in [0.15, 0.2) is 6.23 Å². The molecule has 0 N–H and O–H groups in total. The second-order valence-electron chi connectivity index (χ2n) is 5.53. The first kappa shape index (κ1) is 16.6. The fourth-order valence-corrected chi connectivity index (χ4v) is 2.45. The van der Waals surface area contributed by atoms with Crippen molar-refractivity contribution in [3.63, 3.8) is 0 Å². The maximum Gasteiger partial charge on any atom is 0.370 e. The minimum absolute atomic E-state index is 0.413. The highest BCUT2D eigenvalue weighted by Crippen LogP contribution is 2.35. The molecule has 0 spiro atoms. The van der Waals surface area contributed by atoms with E-state index in [0.717, 1.165) is 11.1 Å². The van der Waals surface area contributed by atoms with E-state index in [9.17, 15) is 4.79 Å². The van der Waals surface area contributed by atoms with Crippen LogP contribution in [0.5, 0.6) is 0 Å². The Hall–Kier alpha value is -2.25. The van der Waals surface area contributed by atoms with Gasteiger partial charge in [0.1, 0.15) is 0 Å². The van der Waals surface area contributed by atoms with E-state index in [1.807, 2.05) is 60.7 Å². The maximum atomic E-state index is 12.0.